The van der Waals surface area contributed by atoms with Crippen LogP contribution >= 0.6 is 24.0 Å². The fourth-order valence-corrected chi connectivity index (χ4v) is 1.96. The van der Waals surface area contributed by atoms with Crippen LogP contribution in [0.5, 0.6) is 5.75 Å². The predicted octanol–water partition coefficient (Wildman–Crippen LogP) is 2.58. The molecule has 5 nitrogen and oxygen atoms in total. The summed E-state index contributed by atoms with van der Waals surface area (Å²) >= 11 is 0. The number of ether oxygens (including phenoxy) is 1. The molecule has 0 aliphatic carbocycles. The normalized spacial score (nSPS) is 12.5. The van der Waals surface area contributed by atoms with E-state index in [0.717, 1.165) is 31.3 Å². The Bertz CT molecular complexity index is 428. The van der Waals surface area contributed by atoms with E-state index < -0.39 is 0 Å². The van der Waals surface area contributed by atoms with E-state index in [1.807, 2.05) is 30.3 Å². The summed E-state index contributed by atoms with van der Waals surface area (Å²) in [5.74, 6) is 1.71. The van der Waals surface area contributed by atoms with Gasteiger partial charge in [0.2, 0.25) is 0 Å². The summed E-state index contributed by atoms with van der Waals surface area (Å²) in [5.41, 5.74) is 0. The number of rotatable bonds is 9. The Balaban J connectivity index is 0.00000484. The van der Waals surface area contributed by atoms with Gasteiger partial charge in [-0.2, -0.15) is 0 Å². The van der Waals surface area contributed by atoms with Gasteiger partial charge in [-0.15, -0.1) is 24.0 Å². The van der Waals surface area contributed by atoms with Gasteiger partial charge in [-0.05, 0) is 32.5 Å². The van der Waals surface area contributed by atoms with Crippen LogP contribution in [0.3, 0.4) is 0 Å². The number of guanidine groups is 1. The van der Waals surface area contributed by atoms with Gasteiger partial charge in [0, 0.05) is 26.2 Å². The second-order valence-corrected chi connectivity index (χ2v) is 5.33. The van der Waals surface area contributed by atoms with Crippen molar-refractivity contribution in [3.05, 3.63) is 30.3 Å². The number of para-hydroxylation sites is 1. The Morgan fingerprint density at radius 1 is 1.22 bits per heavy atom. The lowest BCUT2D eigenvalue weighted by molar-refractivity contribution is 0.255. The zero-order valence-electron chi connectivity index (χ0n) is 14.7. The molecule has 1 aromatic carbocycles. The van der Waals surface area contributed by atoms with Crippen LogP contribution in [0.2, 0.25) is 0 Å². The van der Waals surface area contributed by atoms with Crippen molar-refractivity contribution in [1.82, 2.24) is 15.5 Å². The summed E-state index contributed by atoms with van der Waals surface area (Å²) in [6, 6.07) is 10.4. The number of benzene rings is 1. The number of nitrogens with one attached hydrogen (secondary N) is 2. The SMILES string of the molecule is CCC(C)N(C)CCNC(=NC)NCCOc1ccccc1.I. The van der Waals surface area contributed by atoms with Crippen LogP contribution < -0.4 is 15.4 Å². The molecule has 23 heavy (non-hydrogen) atoms. The number of nitrogens with zero attached hydrogens (tertiary/aromatic N) is 2. The average molecular weight is 434 g/mol. The molecule has 0 heterocycles. The minimum atomic E-state index is 0. The molecule has 6 heteroatoms. The molecule has 0 aliphatic rings. The van der Waals surface area contributed by atoms with Gasteiger partial charge in [0.15, 0.2) is 5.96 Å². The fraction of sp³-hybridized carbons (Fsp3) is 0.588. The Kier molecular flexibility index (Phi) is 12.8. The lowest BCUT2D eigenvalue weighted by Gasteiger charge is -2.24. The predicted molar refractivity (Wildman–Crippen MR) is 109 cm³/mol. The summed E-state index contributed by atoms with van der Waals surface area (Å²) in [4.78, 5) is 6.56. The first-order valence-electron chi connectivity index (χ1n) is 8.00. The van der Waals surface area contributed by atoms with Gasteiger partial charge in [0.1, 0.15) is 12.4 Å². The van der Waals surface area contributed by atoms with E-state index in [9.17, 15) is 0 Å². The molecule has 0 saturated carbocycles. The van der Waals surface area contributed by atoms with Crippen LogP contribution in [0.4, 0.5) is 0 Å². The first kappa shape index (κ1) is 22.0. The standard InChI is InChI=1S/C17H30N4O.HI/c1-5-15(2)21(4)13-11-19-17(18-3)20-12-14-22-16-9-7-6-8-10-16;/h6-10,15H,5,11-14H2,1-4H3,(H2,18,19,20);1H. The van der Waals surface area contributed by atoms with Crippen LogP contribution in [-0.2, 0) is 0 Å². The highest BCUT2D eigenvalue weighted by molar-refractivity contribution is 14.0. The maximum atomic E-state index is 5.64. The second-order valence-electron chi connectivity index (χ2n) is 5.33. The summed E-state index contributed by atoms with van der Waals surface area (Å²) < 4.78 is 5.64. The van der Waals surface area contributed by atoms with Crippen LogP contribution in [0.25, 0.3) is 0 Å². The highest BCUT2D eigenvalue weighted by Crippen LogP contribution is 2.07. The Morgan fingerprint density at radius 2 is 1.87 bits per heavy atom. The lowest BCUT2D eigenvalue weighted by Crippen LogP contribution is -2.43. The van der Waals surface area contributed by atoms with Crippen molar-refractivity contribution >= 4 is 29.9 Å². The van der Waals surface area contributed by atoms with E-state index in [4.69, 9.17) is 4.74 Å². The number of hydrogen-bond acceptors (Lipinski definition) is 3. The van der Waals surface area contributed by atoms with E-state index in [-0.39, 0.29) is 24.0 Å². The largest absolute Gasteiger partial charge is 0.492 e. The molecule has 1 unspecified atom stereocenters. The second kappa shape index (κ2) is 13.4. The molecule has 0 aliphatic heterocycles. The van der Waals surface area contributed by atoms with Crippen molar-refractivity contribution < 1.29 is 4.74 Å². The molecule has 1 rings (SSSR count). The third kappa shape index (κ3) is 9.65. The first-order chi connectivity index (χ1) is 10.7. The number of aliphatic imine (C=N–C) groups is 1. The van der Waals surface area contributed by atoms with E-state index in [0.29, 0.717) is 12.6 Å². The summed E-state index contributed by atoms with van der Waals surface area (Å²) in [6.07, 6.45) is 1.17. The zero-order chi connectivity index (χ0) is 16.2. The zero-order valence-corrected chi connectivity index (χ0v) is 17.0. The Morgan fingerprint density at radius 3 is 2.48 bits per heavy atom. The number of hydrogen-bond donors (Lipinski definition) is 2. The Labute approximate surface area is 157 Å². The van der Waals surface area contributed by atoms with Gasteiger partial charge in [-0.25, -0.2) is 0 Å². The molecule has 0 amide bonds. The summed E-state index contributed by atoms with van der Waals surface area (Å²) in [5, 5.41) is 6.57. The van der Waals surface area contributed by atoms with Gasteiger partial charge in [0.05, 0.1) is 6.54 Å². The molecule has 1 aromatic rings. The minimum Gasteiger partial charge on any atom is -0.492 e. The van der Waals surface area contributed by atoms with Crippen LogP contribution in [0.1, 0.15) is 20.3 Å². The molecule has 0 aromatic heterocycles. The number of halogens is 1. The van der Waals surface area contributed by atoms with Crippen molar-refractivity contribution in [2.75, 3.05) is 40.3 Å². The van der Waals surface area contributed by atoms with Gasteiger partial charge in [0.25, 0.3) is 0 Å². The molecular weight excluding hydrogens is 403 g/mol. The van der Waals surface area contributed by atoms with Gasteiger partial charge in [-0.1, -0.05) is 25.1 Å². The summed E-state index contributed by atoms with van der Waals surface area (Å²) in [7, 11) is 3.94. The van der Waals surface area contributed by atoms with Crippen molar-refractivity contribution in [1.29, 1.82) is 0 Å². The molecule has 1 atom stereocenters. The molecule has 0 radical (unpaired) electrons. The number of likely N-dealkylation sites (N-methyl/N-ethyl adjacent to an activating group) is 1. The van der Waals surface area contributed by atoms with Crippen LogP contribution in [-0.4, -0.2) is 57.2 Å². The van der Waals surface area contributed by atoms with Crippen molar-refractivity contribution in [3.8, 4) is 5.75 Å². The minimum absolute atomic E-state index is 0. The highest BCUT2D eigenvalue weighted by atomic mass is 127. The third-order valence-electron chi connectivity index (χ3n) is 3.73. The van der Waals surface area contributed by atoms with E-state index >= 15 is 0 Å². The first-order valence-corrected chi connectivity index (χ1v) is 8.00. The monoisotopic (exact) mass is 434 g/mol. The maximum Gasteiger partial charge on any atom is 0.191 e. The lowest BCUT2D eigenvalue weighted by atomic mass is 10.2. The summed E-state index contributed by atoms with van der Waals surface area (Å²) in [6.45, 7) is 7.65. The van der Waals surface area contributed by atoms with Crippen LogP contribution in [0.15, 0.2) is 35.3 Å². The van der Waals surface area contributed by atoms with Gasteiger partial charge in [-0.3, -0.25) is 4.99 Å². The Hall–Kier alpha value is -1.02. The van der Waals surface area contributed by atoms with Crippen molar-refractivity contribution in [2.45, 2.75) is 26.3 Å². The maximum absolute atomic E-state index is 5.64. The molecule has 0 saturated heterocycles. The van der Waals surface area contributed by atoms with Crippen LogP contribution in [0, 0.1) is 0 Å². The van der Waals surface area contributed by atoms with Gasteiger partial charge >= 0.3 is 0 Å². The average Bonchev–Trinajstić information content (AvgIpc) is 2.56. The molecule has 0 fully saturated rings. The quantitative estimate of drug-likeness (QED) is 0.272. The molecule has 2 N–H and O–H groups in total. The smallest absolute Gasteiger partial charge is 0.191 e. The molecule has 0 bridgehead atoms. The van der Waals surface area contributed by atoms with E-state index in [1.54, 1.807) is 7.05 Å². The highest BCUT2D eigenvalue weighted by Gasteiger charge is 2.06. The molecular formula is C17H31IN4O. The van der Waals surface area contributed by atoms with E-state index in [2.05, 4.69) is 41.4 Å². The van der Waals surface area contributed by atoms with E-state index in [1.165, 1.54) is 6.42 Å². The third-order valence-corrected chi connectivity index (χ3v) is 3.73. The van der Waals surface area contributed by atoms with Gasteiger partial charge < -0.3 is 20.3 Å². The van der Waals surface area contributed by atoms with Crippen molar-refractivity contribution in [3.63, 3.8) is 0 Å². The van der Waals surface area contributed by atoms with Crippen molar-refractivity contribution in [2.24, 2.45) is 4.99 Å². The molecule has 132 valence electrons. The topological polar surface area (TPSA) is 48.9 Å². The molecule has 0 spiro atoms. The fourth-order valence-electron chi connectivity index (χ4n) is 1.96.